The molecule has 0 atom stereocenters. The van der Waals surface area contributed by atoms with Gasteiger partial charge in [0, 0.05) is 10.3 Å². The normalized spacial score (nSPS) is 12.0. The van der Waals surface area contributed by atoms with Gasteiger partial charge in [0.15, 0.2) is 0 Å². The summed E-state index contributed by atoms with van der Waals surface area (Å²) in [5.74, 6) is 1.42. The van der Waals surface area contributed by atoms with Crippen LogP contribution in [-0.4, -0.2) is 16.9 Å². The first-order valence-corrected chi connectivity index (χ1v) is 16.6. The summed E-state index contributed by atoms with van der Waals surface area (Å²) in [5.41, 5.74) is 13.7. The van der Waals surface area contributed by atoms with Crippen LogP contribution in [0.4, 0.5) is 0 Å². The fourth-order valence-electron chi connectivity index (χ4n) is 5.63. The van der Waals surface area contributed by atoms with Gasteiger partial charge in [-0.1, -0.05) is 127 Å². The van der Waals surface area contributed by atoms with Crippen molar-refractivity contribution in [2.24, 2.45) is 5.73 Å². The van der Waals surface area contributed by atoms with Crippen LogP contribution in [0.25, 0.3) is 11.1 Å². The Hall–Kier alpha value is -0.998. The number of halogens is 1. The molecule has 0 saturated heterocycles. The average Bonchev–Trinajstić information content (AvgIpc) is 2.84. The van der Waals surface area contributed by atoms with E-state index in [9.17, 15) is 0 Å². The summed E-state index contributed by atoms with van der Waals surface area (Å²) >= 11 is 7.05. The van der Waals surface area contributed by atoms with Crippen LogP contribution in [0.15, 0.2) is 54.6 Å². The minimum atomic E-state index is -0.518. The van der Waals surface area contributed by atoms with E-state index in [1.807, 2.05) is 24.3 Å². The molecule has 3 aromatic carbocycles. The topological polar surface area (TPSA) is 26.0 Å². The zero-order valence-corrected chi connectivity index (χ0v) is 30.8. The van der Waals surface area contributed by atoms with Gasteiger partial charge in [0.1, 0.15) is 0 Å². The number of hydrogen-bond donors (Lipinski definition) is 1. The Kier molecular flexibility index (Phi) is 15.0. The fraction of sp³-hybridized carbons (Fsp3) is 0.514. The van der Waals surface area contributed by atoms with E-state index in [1.165, 1.54) is 38.7 Å². The van der Waals surface area contributed by atoms with E-state index in [0.717, 1.165) is 11.4 Å². The molecule has 0 aliphatic carbocycles. The van der Waals surface area contributed by atoms with Crippen LogP contribution in [0, 0.1) is 6.07 Å². The summed E-state index contributed by atoms with van der Waals surface area (Å²) in [5, 5.41) is 2.61. The molecule has 0 saturated carbocycles. The minimum absolute atomic E-state index is 0. The van der Waals surface area contributed by atoms with Crippen molar-refractivity contribution in [3.05, 3.63) is 87.9 Å². The Balaban J connectivity index is 0.000000714. The summed E-state index contributed by atoms with van der Waals surface area (Å²) in [4.78, 5) is 0. The molecule has 0 aromatic heterocycles. The Morgan fingerprint density at radius 2 is 1.32 bits per heavy atom. The second-order valence-electron chi connectivity index (χ2n) is 13.8. The molecular formula is C37H54ClNPPd+. The molecule has 3 rings (SSSR count). The maximum atomic E-state index is 7.05. The van der Waals surface area contributed by atoms with Crippen LogP contribution < -0.4 is 11.0 Å². The van der Waals surface area contributed by atoms with E-state index >= 15 is 0 Å². The number of hydrogen-bond acceptors (Lipinski definition) is 1. The van der Waals surface area contributed by atoms with Gasteiger partial charge in [0.25, 0.3) is 0 Å². The van der Waals surface area contributed by atoms with Crippen LogP contribution in [-0.2, 0) is 26.8 Å². The molecule has 1 nitrogen and oxygen atoms in total. The SMILES string of the molecule is CC(C)c1cc(C(C)C)c(-c2cccc(Cl)c2P(C(C)(C)C)C(C)(C)C)c(C(C)C)c1.NCCc1[c-]cccc1.[Pd+2]. The van der Waals surface area contributed by atoms with Crippen molar-refractivity contribution in [1.29, 1.82) is 0 Å². The van der Waals surface area contributed by atoms with Crippen molar-refractivity contribution in [2.75, 3.05) is 6.54 Å². The van der Waals surface area contributed by atoms with E-state index < -0.39 is 7.92 Å². The van der Waals surface area contributed by atoms with Gasteiger partial charge in [0.2, 0.25) is 0 Å². The smallest absolute Gasteiger partial charge is 0.330 e. The van der Waals surface area contributed by atoms with Crippen LogP contribution in [0.1, 0.15) is 123 Å². The molecule has 41 heavy (non-hydrogen) atoms. The van der Waals surface area contributed by atoms with Gasteiger partial charge >= 0.3 is 20.4 Å². The van der Waals surface area contributed by atoms with Crippen molar-refractivity contribution >= 4 is 24.8 Å². The average molecular weight is 686 g/mol. The third-order valence-corrected chi connectivity index (χ3v) is 11.2. The van der Waals surface area contributed by atoms with Gasteiger partial charge in [-0.3, -0.25) is 0 Å². The molecule has 0 heterocycles. The van der Waals surface area contributed by atoms with Crippen LogP contribution in [0.5, 0.6) is 0 Å². The van der Waals surface area contributed by atoms with Gasteiger partial charge in [0.05, 0.1) is 0 Å². The molecule has 4 heteroatoms. The van der Waals surface area contributed by atoms with Gasteiger partial charge in [-0.15, -0.1) is 0 Å². The minimum Gasteiger partial charge on any atom is -0.330 e. The summed E-state index contributed by atoms with van der Waals surface area (Å²) in [6, 6.07) is 22.5. The van der Waals surface area contributed by atoms with Crippen molar-refractivity contribution in [3.8, 4) is 11.1 Å². The largest absolute Gasteiger partial charge is 2.00 e. The molecule has 2 N–H and O–H groups in total. The summed E-state index contributed by atoms with van der Waals surface area (Å²) in [6.45, 7) is 28.9. The Labute approximate surface area is 272 Å². The van der Waals surface area contributed by atoms with Crippen LogP contribution >= 0.6 is 19.5 Å². The van der Waals surface area contributed by atoms with Gasteiger partial charge in [-0.25, -0.2) is 0 Å². The zero-order chi connectivity index (χ0) is 30.4. The quantitative estimate of drug-likeness (QED) is 0.150. The monoisotopic (exact) mass is 684 g/mol. The van der Waals surface area contributed by atoms with Crippen molar-refractivity contribution in [1.82, 2.24) is 0 Å². The molecule has 0 fully saturated rings. The first-order chi connectivity index (χ1) is 18.5. The third kappa shape index (κ3) is 10.3. The predicted molar refractivity (Wildman–Crippen MR) is 183 cm³/mol. The van der Waals surface area contributed by atoms with E-state index in [2.05, 4.69) is 119 Å². The molecule has 3 aromatic rings. The molecule has 0 radical (unpaired) electrons. The Bertz CT molecular complexity index is 1180. The maximum Gasteiger partial charge on any atom is 2.00 e. The molecule has 0 spiro atoms. The summed E-state index contributed by atoms with van der Waals surface area (Å²) < 4.78 is 0. The van der Waals surface area contributed by atoms with Gasteiger partial charge in [-0.2, -0.15) is 35.9 Å². The molecule has 0 aliphatic rings. The molecule has 0 bridgehead atoms. The predicted octanol–water partition coefficient (Wildman–Crippen LogP) is 11.1. The first-order valence-electron chi connectivity index (χ1n) is 14.9. The van der Waals surface area contributed by atoms with E-state index in [0.29, 0.717) is 24.3 Å². The van der Waals surface area contributed by atoms with Crippen molar-refractivity contribution in [3.63, 3.8) is 0 Å². The van der Waals surface area contributed by atoms with Crippen molar-refractivity contribution < 1.29 is 20.4 Å². The fourth-order valence-corrected chi connectivity index (χ4v) is 10.1. The maximum absolute atomic E-state index is 7.05. The summed E-state index contributed by atoms with van der Waals surface area (Å²) in [7, 11) is -0.518. The number of rotatable bonds is 7. The summed E-state index contributed by atoms with van der Waals surface area (Å²) in [6.07, 6.45) is 0.931. The van der Waals surface area contributed by atoms with Crippen molar-refractivity contribution in [2.45, 2.75) is 118 Å². The molecular weight excluding hydrogens is 631 g/mol. The Morgan fingerprint density at radius 1 is 0.780 bits per heavy atom. The number of benzene rings is 3. The number of nitrogens with two attached hydrogens (primary N) is 1. The molecule has 0 unspecified atom stereocenters. The van der Waals surface area contributed by atoms with E-state index in [-0.39, 0.29) is 30.7 Å². The van der Waals surface area contributed by atoms with E-state index in [1.54, 1.807) is 0 Å². The van der Waals surface area contributed by atoms with Gasteiger partial charge in [-0.05, 0) is 74.9 Å². The van der Waals surface area contributed by atoms with Gasteiger partial charge < -0.3 is 5.73 Å². The molecule has 228 valence electrons. The second kappa shape index (κ2) is 16.2. The Morgan fingerprint density at radius 3 is 1.71 bits per heavy atom. The zero-order valence-electron chi connectivity index (χ0n) is 27.6. The standard InChI is InChI=1S/C29H44ClP.C8H10N.Pd/c1-18(2)21-16-23(19(3)4)26(24(17-21)20(5)6)22-14-13-15-25(30)27(22)31(28(7,8)9)29(10,11)12;9-7-6-8-4-2-1-3-5-8;/h13-20H,1-12H3;1-4H,6-7,9H2;/q;-1;+2. The van der Waals surface area contributed by atoms with Crippen LogP contribution in [0.3, 0.4) is 0 Å². The van der Waals surface area contributed by atoms with Crippen LogP contribution in [0.2, 0.25) is 5.02 Å². The van der Waals surface area contributed by atoms with E-state index in [4.69, 9.17) is 17.3 Å². The molecule has 0 amide bonds. The first kappa shape index (κ1) is 38.0. The third-order valence-electron chi connectivity index (χ3n) is 7.14. The second-order valence-corrected chi connectivity index (χ2v) is 18.0. The molecule has 0 aliphatic heterocycles.